The van der Waals surface area contributed by atoms with Gasteiger partial charge >= 0.3 is 0 Å². The summed E-state index contributed by atoms with van der Waals surface area (Å²) >= 11 is 17.8. The zero-order valence-corrected chi connectivity index (χ0v) is 17.6. The van der Waals surface area contributed by atoms with Crippen molar-refractivity contribution >= 4 is 52.5 Å². The van der Waals surface area contributed by atoms with Gasteiger partial charge in [0.25, 0.3) is 5.91 Å². The maximum Gasteiger partial charge on any atom is 0.276 e. The second kappa shape index (κ2) is 8.82. The number of likely N-dealkylation sites (N-methyl/N-ethyl adjacent to an activating group) is 1. The monoisotopic (exact) mass is 436 g/mol. The Morgan fingerprint density at radius 3 is 2.61 bits per heavy atom. The van der Waals surface area contributed by atoms with Crippen LogP contribution in [0.5, 0.6) is 11.5 Å². The Bertz CT molecular complexity index is 962. The molecule has 28 heavy (non-hydrogen) atoms. The molecule has 1 N–H and O–H groups in total. The average molecular weight is 437 g/mol. The molecule has 2 aromatic carbocycles. The number of hydrogen-bond acceptors (Lipinski definition) is 4. The summed E-state index contributed by atoms with van der Waals surface area (Å²) in [5.41, 5.74) is 1.90. The molecule has 2 aromatic rings. The molecule has 3 rings (SSSR count). The van der Waals surface area contributed by atoms with E-state index in [1.807, 2.05) is 25.1 Å². The van der Waals surface area contributed by atoms with E-state index in [1.165, 1.54) is 12.0 Å². The summed E-state index contributed by atoms with van der Waals surface area (Å²) in [6.07, 6.45) is 1.68. The summed E-state index contributed by atoms with van der Waals surface area (Å²) in [5, 5.41) is 4.27. The van der Waals surface area contributed by atoms with E-state index in [4.69, 9.17) is 44.9 Å². The summed E-state index contributed by atoms with van der Waals surface area (Å²) in [6.45, 7) is 2.61. The van der Waals surface area contributed by atoms with Crippen LogP contribution in [0.2, 0.25) is 10.0 Å². The number of methoxy groups -OCH3 is 1. The van der Waals surface area contributed by atoms with Gasteiger partial charge in [0.05, 0.1) is 12.1 Å². The van der Waals surface area contributed by atoms with E-state index in [0.29, 0.717) is 44.5 Å². The fourth-order valence-electron chi connectivity index (χ4n) is 2.75. The highest BCUT2D eigenvalue weighted by Crippen LogP contribution is 2.38. The number of nitrogens with one attached hydrogen (secondary N) is 1. The zero-order valence-electron chi connectivity index (χ0n) is 15.3. The number of nitrogens with zero attached hydrogens (tertiary/aromatic N) is 1. The van der Waals surface area contributed by atoms with Crippen molar-refractivity contribution in [3.05, 3.63) is 63.3 Å². The maximum absolute atomic E-state index is 12.4. The van der Waals surface area contributed by atoms with E-state index in [-0.39, 0.29) is 12.5 Å². The highest BCUT2D eigenvalue weighted by atomic mass is 35.5. The number of thiocarbonyl (C=S) groups is 1. The third kappa shape index (κ3) is 4.24. The van der Waals surface area contributed by atoms with Crippen LogP contribution in [0.1, 0.15) is 18.1 Å². The third-order valence-electron chi connectivity index (χ3n) is 4.17. The van der Waals surface area contributed by atoms with Crippen molar-refractivity contribution in [2.24, 2.45) is 0 Å². The Hall–Kier alpha value is -2.28. The molecule has 0 bridgehead atoms. The van der Waals surface area contributed by atoms with Crippen LogP contribution in [-0.2, 0) is 11.4 Å². The van der Waals surface area contributed by atoms with Gasteiger partial charge in [0.2, 0.25) is 0 Å². The number of carbonyl (C=O) groups is 1. The van der Waals surface area contributed by atoms with Gasteiger partial charge in [-0.2, -0.15) is 0 Å². The summed E-state index contributed by atoms with van der Waals surface area (Å²) in [6, 6.07) is 10.9. The van der Waals surface area contributed by atoms with Crippen LogP contribution >= 0.6 is 35.4 Å². The van der Waals surface area contributed by atoms with E-state index >= 15 is 0 Å². The van der Waals surface area contributed by atoms with Gasteiger partial charge in [-0.1, -0.05) is 41.4 Å². The Morgan fingerprint density at radius 2 is 1.96 bits per heavy atom. The van der Waals surface area contributed by atoms with E-state index in [0.717, 1.165) is 5.56 Å². The van der Waals surface area contributed by atoms with Gasteiger partial charge in [-0.25, -0.2) is 0 Å². The largest absolute Gasteiger partial charge is 0.493 e. The predicted molar refractivity (Wildman–Crippen MR) is 115 cm³/mol. The Kier molecular flexibility index (Phi) is 6.44. The second-order valence-corrected chi connectivity index (χ2v) is 7.15. The van der Waals surface area contributed by atoms with Crippen LogP contribution in [0.15, 0.2) is 42.1 Å². The lowest BCUT2D eigenvalue weighted by Gasteiger charge is -2.14. The quantitative estimate of drug-likeness (QED) is 0.527. The molecular formula is C20H18Cl2N2O3S. The normalized spacial score (nSPS) is 15.1. The topological polar surface area (TPSA) is 50.8 Å². The van der Waals surface area contributed by atoms with Crippen LogP contribution in [0.25, 0.3) is 6.08 Å². The van der Waals surface area contributed by atoms with Gasteiger partial charge in [-0.3, -0.25) is 9.69 Å². The van der Waals surface area contributed by atoms with E-state index in [9.17, 15) is 4.79 Å². The number of rotatable bonds is 6. The van der Waals surface area contributed by atoms with Crippen LogP contribution in [0.3, 0.4) is 0 Å². The van der Waals surface area contributed by atoms with Gasteiger partial charge in [0.1, 0.15) is 12.3 Å². The standard InChI is InChI=1S/C20H18Cl2N2O3S/c1-3-24-19(25)16(23-20(24)28)9-12-8-15(22)18(17(10-12)26-2)27-11-13-6-4-5-7-14(13)21/h4-10H,3,11H2,1-2H3,(H,23,28)/b16-9-. The number of amides is 1. The summed E-state index contributed by atoms with van der Waals surface area (Å²) < 4.78 is 11.3. The minimum absolute atomic E-state index is 0.179. The molecule has 1 aliphatic rings. The van der Waals surface area contributed by atoms with Gasteiger partial charge in [0, 0.05) is 17.1 Å². The molecule has 0 saturated carbocycles. The molecule has 0 radical (unpaired) electrons. The van der Waals surface area contributed by atoms with Crippen LogP contribution in [-0.4, -0.2) is 29.6 Å². The smallest absolute Gasteiger partial charge is 0.276 e. The van der Waals surface area contributed by atoms with Crippen molar-refractivity contribution in [3.8, 4) is 11.5 Å². The van der Waals surface area contributed by atoms with Crippen molar-refractivity contribution in [3.63, 3.8) is 0 Å². The lowest BCUT2D eigenvalue weighted by molar-refractivity contribution is -0.122. The molecule has 1 heterocycles. The number of halogens is 2. The molecule has 1 aliphatic heterocycles. The molecule has 0 spiro atoms. The molecule has 8 heteroatoms. The van der Waals surface area contributed by atoms with Crippen molar-refractivity contribution in [2.45, 2.75) is 13.5 Å². The number of hydrogen-bond donors (Lipinski definition) is 1. The van der Waals surface area contributed by atoms with E-state index in [1.54, 1.807) is 24.3 Å². The SMILES string of the molecule is CCN1C(=O)/C(=C/c2cc(Cl)c(OCc3ccccc3Cl)c(OC)c2)NC1=S. The fraction of sp³-hybridized carbons (Fsp3) is 0.200. The first-order chi connectivity index (χ1) is 13.4. The van der Waals surface area contributed by atoms with Gasteiger partial charge < -0.3 is 14.8 Å². The zero-order chi connectivity index (χ0) is 20.3. The van der Waals surface area contributed by atoms with E-state index in [2.05, 4.69) is 5.32 Å². The summed E-state index contributed by atoms with van der Waals surface area (Å²) in [7, 11) is 1.53. The summed E-state index contributed by atoms with van der Waals surface area (Å²) in [4.78, 5) is 13.8. The molecule has 0 atom stereocenters. The first-order valence-corrected chi connectivity index (χ1v) is 9.69. The van der Waals surface area contributed by atoms with Gasteiger partial charge in [-0.05, 0) is 49.0 Å². The van der Waals surface area contributed by atoms with Crippen molar-refractivity contribution in [2.75, 3.05) is 13.7 Å². The van der Waals surface area contributed by atoms with Crippen LogP contribution in [0, 0.1) is 0 Å². The van der Waals surface area contributed by atoms with Crippen molar-refractivity contribution in [1.82, 2.24) is 10.2 Å². The number of ether oxygens (including phenoxy) is 2. The fourth-order valence-corrected chi connectivity index (χ4v) is 3.54. The number of carbonyl (C=O) groups excluding carboxylic acids is 1. The lowest BCUT2D eigenvalue weighted by atomic mass is 10.1. The van der Waals surface area contributed by atoms with Crippen molar-refractivity contribution in [1.29, 1.82) is 0 Å². The second-order valence-electron chi connectivity index (χ2n) is 5.95. The molecule has 146 valence electrons. The molecule has 0 aromatic heterocycles. The minimum atomic E-state index is -0.179. The molecule has 5 nitrogen and oxygen atoms in total. The average Bonchev–Trinajstić information content (AvgIpc) is 2.94. The van der Waals surface area contributed by atoms with Crippen LogP contribution in [0.4, 0.5) is 0 Å². The maximum atomic E-state index is 12.4. The van der Waals surface area contributed by atoms with Gasteiger partial charge in [-0.15, -0.1) is 0 Å². The first-order valence-electron chi connectivity index (χ1n) is 8.52. The first kappa shape index (κ1) is 20.5. The molecule has 1 fully saturated rings. The summed E-state index contributed by atoms with van der Waals surface area (Å²) in [5.74, 6) is 0.677. The molecule has 1 saturated heterocycles. The Balaban J connectivity index is 1.86. The van der Waals surface area contributed by atoms with E-state index < -0.39 is 0 Å². The Labute approximate surface area is 178 Å². The molecule has 1 amide bonds. The molecule has 0 aliphatic carbocycles. The number of benzene rings is 2. The van der Waals surface area contributed by atoms with Gasteiger partial charge in [0.15, 0.2) is 16.6 Å². The van der Waals surface area contributed by atoms with Crippen molar-refractivity contribution < 1.29 is 14.3 Å². The third-order valence-corrected chi connectivity index (χ3v) is 5.14. The molecule has 0 unspecified atom stereocenters. The Morgan fingerprint density at radius 1 is 1.21 bits per heavy atom. The highest BCUT2D eigenvalue weighted by Gasteiger charge is 2.29. The predicted octanol–water partition coefficient (Wildman–Crippen LogP) is 4.66. The highest BCUT2D eigenvalue weighted by molar-refractivity contribution is 7.80. The molecular weight excluding hydrogens is 419 g/mol. The lowest BCUT2D eigenvalue weighted by Crippen LogP contribution is -2.30. The minimum Gasteiger partial charge on any atom is -0.493 e. The van der Waals surface area contributed by atoms with Crippen LogP contribution < -0.4 is 14.8 Å².